The number of aromatic hydroxyl groups is 1. The number of nitrogens with zero attached hydrogens (tertiary/aromatic N) is 3. The standard InChI is InChI=1S/C16H18N4O4/c21-12-3-1-6-20-13(22)7-11(18-14(12)20)8-19-5-2-4-16(10-19)9-17-15(23)24-16/h1,3,6-7,21H,2,4-5,8-10H2,(H,17,23)/t16-/m1/s1. The molecule has 0 radical (unpaired) electrons. The number of alkyl carbamates (subject to hydrolysis) is 1. The van der Waals surface area contributed by atoms with E-state index in [1.165, 1.54) is 16.5 Å². The molecule has 2 fully saturated rings. The molecule has 2 N–H and O–H groups in total. The molecule has 0 saturated carbocycles. The van der Waals surface area contributed by atoms with Crippen molar-refractivity contribution < 1.29 is 14.6 Å². The molecule has 0 aliphatic carbocycles. The molecule has 4 rings (SSSR count). The second-order valence-corrected chi connectivity index (χ2v) is 6.41. The maximum Gasteiger partial charge on any atom is 0.407 e. The Morgan fingerprint density at radius 3 is 3.08 bits per heavy atom. The minimum Gasteiger partial charge on any atom is -0.504 e. The number of hydrogen-bond donors (Lipinski definition) is 2. The fourth-order valence-corrected chi connectivity index (χ4v) is 3.52. The Morgan fingerprint density at radius 1 is 1.42 bits per heavy atom. The van der Waals surface area contributed by atoms with Crippen LogP contribution in [-0.4, -0.2) is 50.7 Å². The van der Waals surface area contributed by atoms with Gasteiger partial charge in [-0.15, -0.1) is 0 Å². The van der Waals surface area contributed by atoms with E-state index in [0.717, 1.165) is 19.4 Å². The fraction of sp³-hybridized carbons (Fsp3) is 0.438. The van der Waals surface area contributed by atoms with Crippen LogP contribution in [0.3, 0.4) is 0 Å². The Hall–Kier alpha value is -2.61. The quantitative estimate of drug-likeness (QED) is 0.831. The molecule has 0 aromatic carbocycles. The number of ether oxygens (including phenoxy) is 1. The highest BCUT2D eigenvalue weighted by Crippen LogP contribution is 2.28. The van der Waals surface area contributed by atoms with Crippen molar-refractivity contribution >= 4 is 11.7 Å². The number of aromatic nitrogens is 2. The number of carbonyl (C=O) groups excluding carboxylic acids is 1. The van der Waals surface area contributed by atoms with Crippen LogP contribution in [0.2, 0.25) is 0 Å². The molecular formula is C16H18N4O4. The minimum atomic E-state index is -0.483. The summed E-state index contributed by atoms with van der Waals surface area (Å²) >= 11 is 0. The Labute approximate surface area is 137 Å². The van der Waals surface area contributed by atoms with Crippen LogP contribution < -0.4 is 10.9 Å². The van der Waals surface area contributed by atoms with E-state index in [9.17, 15) is 14.7 Å². The van der Waals surface area contributed by atoms with Crippen molar-refractivity contribution in [1.29, 1.82) is 0 Å². The Kier molecular flexibility index (Phi) is 3.42. The van der Waals surface area contributed by atoms with Crippen LogP contribution in [0, 0.1) is 0 Å². The van der Waals surface area contributed by atoms with E-state index in [-0.39, 0.29) is 23.0 Å². The fourth-order valence-electron chi connectivity index (χ4n) is 3.52. The zero-order valence-corrected chi connectivity index (χ0v) is 13.1. The summed E-state index contributed by atoms with van der Waals surface area (Å²) < 4.78 is 6.77. The number of amides is 1. The van der Waals surface area contributed by atoms with Crippen molar-refractivity contribution in [2.75, 3.05) is 19.6 Å². The van der Waals surface area contributed by atoms with Gasteiger partial charge in [0.25, 0.3) is 5.56 Å². The first-order chi connectivity index (χ1) is 11.5. The summed E-state index contributed by atoms with van der Waals surface area (Å²) in [4.78, 5) is 30.1. The first kappa shape index (κ1) is 14.9. The third kappa shape index (κ3) is 2.58. The summed E-state index contributed by atoms with van der Waals surface area (Å²) in [6, 6.07) is 4.58. The van der Waals surface area contributed by atoms with Gasteiger partial charge >= 0.3 is 6.09 Å². The largest absolute Gasteiger partial charge is 0.504 e. The molecule has 4 heterocycles. The molecule has 126 valence electrons. The van der Waals surface area contributed by atoms with Crippen molar-refractivity contribution in [3.05, 3.63) is 40.4 Å². The lowest BCUT2D eigenvalue weighted by Crippen LogP contribution is -2.50. The molecule has 2 aliphatic rings. The van der Waals surface area contributed by atoms with Crippen LogP contribution in [0.5, 0.6) is 5.75 Å². The predicted octanol–water partition coefficient (Wildman–Crippen LogP) is 0.474. The van der Waals surface area contributed by atoms with E-state index in [0.29, 0.717) is 25.3 Å². The van der Waals surface area contributed by atoms with Crippen molar-refractivity contribution in [3.63, 3.8) is 0 Å². The molecule has 2 aliphatic heterocycles. The van der Waals surface area contributed by atoms with E-state index in [1.807, 2.05) is 0 Å². The second-order valence-electron chi connectivity index (χ2n) is 6.41. The topological polar surface area (TPSA) is 96.2 Å². The lowest BCUT2D eigenvalue weighted by molar-refractivity contribution is -0.0114. The number of hydrogen-bond acceptors (Lipinski definition) is 6. The first-order valence-corrected chi connectivity index (χ1v) is 7.94. The minimum absolute atomic E-state index is 0.0273. The number of pyridine rings is 1. The van der Waals surface area contributed by atoms with Crippen LogP contribution in [0.25, 0.3) is 5.65 Å². The number of fused-ring (bicyclic) bond motifs is 1. The van der Waals surface area contributed by atoms with E-state index >= 15 is 0 Å². The van der Waals surface area contributed by atoms with Gasteiger partial charge in [0, 0.05) is 25.4 Å². The number of likely N-dealkylation sites (tertiary alicyclic amines) is 1. The molecule has 2 aromatic heterocycles. The van der Waals surface area contributed by atoms with Gasteiger partial charge in [-0.25, -0.2) is 9.78 Å². The average Bonchev–Trinajstić information content (AvgIpc) is 2.89. The number of piperidine rings is 1. The van der Waals surface area contributed by atoms with Crippen LogP contribution in [-0.2, 0) is 11.3 Å². The second kappa shape index (κ2) is 5.48. The summed E-state index contributed by atoms with van der Waals surface area (Å²) in [5, 5.41) is 12.6. The average molecular weight is 330 g/mol. The molecule has 8 heteroatoms. The van der Waals surface area contributed by atoms with E-state index in [1.54, 1.807) is 12.3 Å². The molecule has 0 unspecified atom stereocenters. The molecule has 1 spiro atoms. The molecule has 2 saturated heterocycles. The Bertz CT molecular complexity index is 865. The highest BCUT2D eigenvalue weighted by molar-refractivity contribution is 5.70. The van der Waals surface area contributed by atoms with Gasteiger partial charge in [0.1, 0.15) is 5.60 Å². The van der Waals surface area contributed by atoms with Gasteiger partial charge in [-0.1, -0.05) is 0 Å². The van der Waals surface area contributed by atoms with Gasteiger partial charge in [0.05, 0.1) is 12.2 Å². The van der Waals surface area contributed by atoms with Crippen molar-refractivity contribution in [2.45, 2.75) is 25.0 Å². The summed E-state index contributed by atoms with van der Waals surface area (Å²) in [5.41, 5.74) is 0.131. The van der Waals surface area contributed by atoms with E-state index in [4.69, 9.17) is 4.74 Å². The molecule has 24 heavy (non-hydrogen) atoms. The van der Waals surface area contributed by atoms with Gasteiger partial charge < -0.3 is 15.2 Å². The lowest BCUT2D eigenvalue weighted by atomic mass is 9.93. The van der Waals surface area contributed by atoms with Crippen molar-refractivity contribution in [2.24, 2.45) is 0 Å². The van der Waals surface area contributed by atoms with Gasteiger partial charge in [-0.2, -0.15) is 0 Å². The van der Waals surface area contributed by atoms with Gasteiger partial charge in [0.15, 0.2) is 11.4 Å². The molecule has 2 aromatic rings. The summed E-state index contributed by atoms with van der Waals surface area (Å²) in [5.74, 6) is -0.0273. The summed E-state index contributed by atoms with van der Waals surface area (Å²) in [6.45, 7) is 2.44. The van der Waals surface area contributed by atoms with Crippen LogP contribution in [0.1, 0.15) is 18.5 Å². The highest BCUT2D eigenvalue weighted by Gasteiger charge is 2.43. The Morgan fingerprint density at radius 2 is 2.29 bits per heavy atom. The lowest BCUT2D eigenvalue weighted by Gasteiger charge is -2.37. The van der Waals surface area contributed by atoms with E-state index < -0.39 is 5.60 Å². The molecular weight excluding hydrogens is 312 g/mol. The van der Waals surface area contributed by atoms with E-state index in [2.05, 4.69) is 15.2 Å². The monoisotopic (exact) mass is 330 g/mol. The van der Waals surface area contributed by atoms with Gasteiger partial charge in [-0.05, 0) is 31.5 Å². The summed E-state index contributed by atoms with van der Waals surface area (Å²) in [7, 11) is 0. The van der Waals surface area contributed by atoms with Gasteiger partial charge in [-0.3, -0.25) is 14.1 Å². The first-order valence-electron chi connectivity index (χ1n) is 7.94. The SMILES string of the molecule is O=C1NC[C@@]2(CCCN(Cc3cc(=O)n4cccc(O)c4n3)C2)O1. The van der Waals surface area contributed by atoms with Crippen molar-refractivity contribution in [3.8, 4) is 5.75 Å². The number of nitrogens with one attached hydrogen (secondary N) is 1. The molecule has 0 bridgehead atoms. The smallest absolute Gasteiger partial charge is 0.407 e. The van der Waals surface area contributed by atoms with Crippen LogP contribution in [0.15, 0.2) is 29.2 Å². The normalized spacial score (nSPS) is 24.2. The van der Waals surface area contributed by atoms with Gasteiger partial charge in [0.2, 0.25) is 0 Å². The maximum absolute atomic E-state index is 12.2. The van der Waals surface area contributed by atoms with Crippen LogP contribution >= 0.6 is 0 Å². The zero-order chi connectivity index (χ0) is 16.7. The van der Waals surface area contributed by atoms with Crippen molar-refractivity contribution in [1.82, 2.24) is 19.6 Å². The number of rotatable bonds is 2. The third-order valence-corrected chi connectivity index (χ3v) is 4.59. The predicted molar refractivity (Wildman–Crippen MR) is 84.9 cm³/mol. The Balaban J connectivity index is 1.59. The molecule has 8 nitrogen and oxygen atoms in total. The maximum atomic E-state index is 12.2. The highest BCUT2D eigenvalue weighted by atomic mass is 16.6. The van der Waals surface area contributed by atoms with Crippen LogP contribution in [0.4, 0.5) is 4.79 Å². The molecule has 1 atom stereocenters. The number of carbonyl (C=O) groups is 1. The zero-order valence-electron chi connectivity index (χ0n) is 13.1. The summed E-state index contributed by atoms with van der Waals surface area (Å²) in [6.07, 6.45) is 2.95. The third-order valence-electron chi connectivity index (χ3n) is 4.59. The molecule has 1 amide bonds.